The van der Waals surface area contributed by atoms with Gasteiger partial charge in [-0.1, -0.05) is 12.5 Å². The lowest BCUT2D eigenvalue weighted by Gasteiger charge is -2.25. The highest BCUT2D eigenvalue weighted by Crippen LogP contribution is 2.34. The van der Waals surface area contributed by atoms with Crippen LogP contribution in [0.1, 0.15) is 40.7 Å². The summed E-state index contributed by atoms with van der Waals surface area (Å²) in [6.07, 6.45) is 3.26. The predicted molar refractivity (Wildman–Crippen MR) is 64.1 cm³/mol. The first kappa shape index (κ1) is 11.2. The van der Waals surface area contributed by atoms with Crippen LogP contribution in [0.4, 0.5) is 0 Å². The number of hydrogen-bond donors (Lipinski definition) is 0. The largest absolute Gasteiger partial charge is 0.496 e. The number of aryl methyl sites for hydroxylation is 2. The van der Waals surface area contributed by atoms with Gasteiger partial charge >= 0.3 is 0 Å². The molecule has 16 heavy (non-hydrogen) atoms. The number of hydrogen-bond acceptors (Lipinski definition) is 2. The molecule has 86 valence electrons. The fraction of sp³-hybridized carbons (Fsp3) is 0.500. The Hall–Kier alpha value is -1.31. The summed E-state index contributed by atoms with van der Waals surface area (Å²) in [5, 5.41) is 0. The first-order valence-corrected chi connectivity index (χ1v) is 5.83. The number of ketones is 1. The molecule has 1 aliphatic rings. The zero-order chi connectivity index (χ0) is 11.7. The van der Waals surface area contributed by atoms with Crippen LogP contribution in [0.3, 0.4) is 0 Å². The zero-order valence-corrected chi connectivity index (χ0v) is 10.2. The third kappa shape index (κ3) is 1.84. The normalized spacial score (nSPS) is 15.7. The third-order valence-corrected chi connectivity index (χ3v) is 3.36. The summed E-state index contributed by atoms with van der Waals surface area (Å²) in [7, 11) is 1.63. The van der Waals surface area contributed by atoms with Crippen molar-refractivity contribution in [1.82, 2.24) is 0 Å². The highest BCUT2D eigenvalue weighted by Gasteiger charge is 2.28. The molecule has 2 heteroatoms. The maximum atomic E-state index is 12.2. The smallest absolute Gasteiger partial charge is 0.169 e. The van der Waals surface area contributed by atoms with Crippen molar-refractivity contribution in [3.05, 3.63) is 28.8 Å². The maximum Gasteiger partial charge on any atom is 0.169 e. The lowest BCUT2D eigenvalue weighted by molar-refractivity contribution is 0.0852. The van der Waals surface area contributed by atoms with E-state index < -0.39 is 0 Å². The first-order chi connectivity index (χ1) is 7.63. The molecule has 0 heterocycles. The van der Waals surface area contributed by atoms with E-state index in [1.54, 1.807) is 7.11 Å². The van der Waals surface area contributed by atoms with Crippen LogP contribution in [0, 0.1) is 19.8 Å². The van der Waals surface area contributed by atoms with Gasteiger partial charge in [-0.3, -0.25) is 4.79 Å². The number of carbonyl (C=O) groups is 1. The molecule has 1 saturated carbocycles. The second-order valence-electron chi connectivity index (χ2n) is 4.65. The third-order valence-electron chi connectivity index (χ3n) is 3.36. The van der Waals surface area contributed by atoms with E-state index in [2.05, 4.69) is 6.07 Å². The average Bonchev–Trinajstić information content (AvgIpc) is 2.13. The van der Waals surface area contributed by atoms with Gasteiger partial charge < -0.3 is 4.74 Å². The van der Waals surface area contributed by atoms with Crippen LogP contribution in [0.15, 0.2) is 12.1 Å². The SMILES string of the molecule is COc1c(C)cc(C)cc1C(=O)C1CCC1. The summed E-state index contributed by atoms with van der Waals surface area (Å²) in [6, 6.07) is 4.00. The fourth-order valence-electron chi connectivity index (χ4n) is 2.30. The molecule has 0 amide bonds. The minimum absolute atomic E-state index is 0.232. The number of benzene rings is 1. The summed E-state index contributed by atoms with van der Waals surface area (Å²) in [5.41, 5.74) is 2.94. The molecule has 0 spiro atoms. The van der Waals surface area contributed by atoms with Crippen LogP contribution in [-0.4, -0.2) is 12.9 Å². The van der Waals surface area contributed by atoms with E-state index in [4.69, 9.17) is 4.74 Å². The summed E-state index contributed by atoms with van der Waals surface area (Å²) >= 11 is 0. The molecule has 1 aromatic rings. The van der Waals surface area contributed by atoms with Crippen molar-refractivity contribution in [3.63, 3.8) is 0 Å². The molecule has 1 aliphatic carbocycles. The van der Waals surface area contributed by atoms with Crippen LogP contribution in [0.2, 0.25) is 0 Å². The van der Waals surface area contributed by atoms with E-state index in [1.807, 2.05) is 19.9 Å². The lowest BCUT2D eigenvalue weighted by atomic mass is 9.79. The highest BCUT2D eigenvalue weighted by molar-refractivity contribution is 6.01. The minimum atomic E-state index is 0.232. The average molecular weight is 218 g/mol. The molecule has 1 aromatic carbocycles. The molecular formula is C14H18O2. The van der Waals surface area contributed by atoms with Gasteiger partial charge in [-0.05, 0) is 43.9 Å². The van der Waals surface area contributed by atoms with Gasteiger partial charge in [-0.15, -0.1) is 0 Å². The van der Waals surface area contributed by atoms with Gasteiger partial charge in [0.1, 0.15) is 5.75 Å². The van der Waals surface area contributed by atoms with E-state index in [0.717, 1.165) is 35.3 Å². The van der Waals surface area contributed by atoms with Crippen molar-refractivity contribution in [2.75, 3.05) is 7.11 Å². The summed E-state index contributed by atoms with van der Waals surface area (Å²) in [5.74, 6) is 1.24. The second kappa shape index (κ2) is 4.28. The van der Waals surface area contributed by atoms with Gasteiger partial charge in [0.25, 0.3) is 0 Å². The van der Waals surface area contributed by atoms with Crippen molar-refractivity contribution < 1.29 is 9.53 Å². The Morgan fingerprint density at radius 2 is 2.00 bits per heavy atom. The summed E-state index contributed by atoms with van der Waals surface area (Å²) in [6.45, 7) is 4.01. The Kier molecular flexibility index (Phi) is 2.99. The van der Waals surface area contributed by atoms with Gasteiger partial charge in [-0.25, -0.2) is 0 Å². The van der Waals surface area contributed by atoms with Crippen LogP contribution < -0.4 is 4.74 Å². The molecule has 0 aromatic heterocycles. The van der Waals surface area contributed by atoms with Crippen molar-refractivity contribution in [2.45, 2.75) is 33.1 Å². The topological polar surface area (TPSA) is 26.3 Å². The zero-order valence-electron chi connectivity index (χ0n) is 10.2. The van der Waals surface area contributed by atoms with Gasteiger partial charge in [0, 0.05) is 5.92 Å². The number of methoxy groups -OCH3 is 1. The van der Waals surface area contributed by atoms with Gasteiger partial charge in [0.05, 0.1) is 12.7 Å². The number of rotatable bonds is 3. The second-order valence-corrected chi connectivity index (χ2v) is 4.65. The molecule has 0 bridgehead atoms. The number of Topliss-reactive ketones (excluding diaryl/α,β-unsaturated/α-hetero) is 1. The molecule has 1 fully saturated rings. The van der Waals surface area contributed by atoms with Crippen molar-refractivity contribution in [2.24, 2.45) is 5.92 Å². The molecule has 0 atom stereocenters. The predicted octanol–water partition coefficient (Wildman–Crippen LogP) is 3.29. The summed E-state index contributed by atoms with van der Waals surface area (Å²) < 4.78 is 5.35. The van der Waals surface area contributed by atoms with Gasteiger partial charge in [0.2, 0.25) is 0 Å². The fourth-order valence-corrected chi connectivity index (χ4v) is 2.30. The molecule has 2 nitrogen and oxygen atoms in total. The highest BCUT2D eigenvalue weighted by atomic mass is 16.5. The van der Waals surface area contributed by atoms with E-state index >= 15 is 0 Å². The summed E-state index contributed by atoms with van der Waals surface area (Å²) in [4.78, 5) is 12.2. The quantitative estimate of drug-likeness (QED) is 0.728. The molecule has 0 radical (unpaired) electrons. The van der Waals surface area contributed by atoms with E-state index in [1.165, 1.54) is 6.42 Å². The molecule has 2 rings (SSSR count). The van der Waals surface area contributed by atoms with Crippen LogP contribution in [0.5, 0.6) is 5.75 Å². The Morgan fingerprint density at radius 1 is 1.31 bits per heavy atom. The Morgan fingerprint density at radius 3 is 2.50 bits per heavy atom. The lowest BCUT2D eigenvalue weighted by Crippen LogP contribution is -2.22. The van der Waals surface area contributed by atoms with E-state index in [9.17, 15) is 4.79 Å². The Bertz CT molecular complexity index is 417. The Labute approximate surface area is 96.6 Å². The van der Waals surface area contributed by atoms with Crippen molar-refractivity contribution in [1.29, 1.82) is 0 Å². The van der Waals surface area contributed by atoms with E-state index in [-0.39, 0.29) is 11.7 Å². The van der Waals surface area contributed by atoms with Gasteiger partial charge in [0.15, 0.2) is 5.78 Å². The van der Waals surface area contributed by atoms with Crippen LogP contribution >= 0.6 is 0 Å². The van der Waals surface area contributed by atoms with Crippen LogP contribution in [0.25, 0.3) is 0 Å². The van der Waals surface area contributed by atoms with Crippen LogP contribution in [-0.2, 0) is 0 Å². The minimum Gasteiger partial charge on any atom is -0.496 e. The maximum absolute atomic E-state index is 12.2. The van der Waals surface area contributed by atoms with Crippen molar-refractivity contribution >= 4 is 5.78 Å². The number of carbonyl (C=O) groups excluding carboxylic acids is 1. The van der Waals surface area contributed by atoms with E-state index in [0.29, 0.717) is 0 Å². The van der Waals surface area contributed by atoms with Gasteiger partial charge in [-0.2, -0.15) is 0 Å². The molecular weight excluding hydrogens is 200 g/mol. The molecule has 0 unspecified atom stereocenters. The Balaban J connectivity index is 2.41. The molecule has 0 N–H and O–H groups in total. The standard InChI is InChI=1S/C14H18O2/c1-9-7-10(2)14(16-3)12(8-9)13(15)11-5-4-6-11/h7-8,11H,4-6H2,1-3H3. The monoisotopic (exact) mass is 218 g/mol. The first-order valence-electron chi connectivity index (χ1n) is 5.83. The van der Waals surface area contributed by atoms with Crippen molar-refractivity contribution in [3.8, 4) is 5.75 Å². The molecule has 0 saturated heterocycles. The molecule has 0 aliphatic heterocycles. The number of ether oxygens (including phenoxy) is 1.